The van der Waals surface area contributed by atoms with Gasteiger partial charge >= 0.3 is 11.9 Å². The molecular formula is C12H20O4. The molecule has 0 radical (unpaired) electrons. The third-order valence-electron chi connectivity index (χ3n) is 2.30. The van der Waals surface area contributed by atoms with Crippen LogP contribution in [0.3, 0.4) is 0 Å². The van der Waals surface area contributed by atoms with E-state index in [4.69, 9.17) is 10.2 Å². The van der Waals surface area contributed by atoms with E-state index >= 15 is 0 Å². The lowest BCUT2D eigenvalue weighted by atomic mass is 9.82. The second-order valence-corrected chi connectivity index (χ2v) is 4.82. The topological polar surface area (TPSA) is 74.6 Å². The van der Waals surface area contributed by atoms with E-state index in [-0.39, 0.29) is 11.1 Å². The second kappa shape index (κ2) is 5.68. The molecule has 0 aromatic rings. The SMILES string of the molecule is CCCC/C(C(=O)O)=C(\C(=O)O)C(C)(C)C. The van der Waals surface area contributed by atoms with Gasteiger partial charge in [0.15, 0.2) is 0 Å². The second-order valence-electron chi connectivity index (χ2n) is 4.82. The van der Waals surface area contributed by atoms with Gasteiger partial charge in [0.25, 0.3) is 0 Å². The van der Waals surface area contributed by atoms with Gasteiger partial charge in [0, 0.05) is 5.57 Å². The number of aliphatic carboxylic acids is 2. The highest BCUT2D eigenvalue weighted by Crippen LogP contribution is 2.30. The lowest BCUT2D eigenvalue weighted by molar-refractivity contribution is -0.137. The molecule has 0 atom stereocenters. The number of carboxylic acids is 2. The minimum atomic E-state index is -1.14. The summed E-state index contributed by atoms with van der Waals surface area (Å²) in [6, 6.07) is 0. The highest BCUT2D eigenvalue weighted by molar-refractivity contribution is 5.99. The molecule has 0 amide bonds. The van der Waals surface area contributed by atoms with Crippen molar-refractivity contribution in [1.82, 2.24) is 0 Å². The molecule has 0 fully saturated rings. The molecule has 0 spiro atoms. The Morgan fingerprint density at radius 3 is 1.81 bits per heavy atom. The summed E-state index contributed by atoms with van der Waals surface area (Å²) < 4.78 is 0. The van der Waals surface area contributed by atoms with E-state index < -0.39 is 17.4 Å². The molecule has 0 rings (SSSR count). The minimum Gasteiger partial charge on any atom is -0.478 e. The molecule has 92 valence electrons. The standard InChI is InChI=1S/C12H20O4/c1-5-6-7-8(10(13)14)9(11(15)16)12(2,3)4/h5-7H2,1-4H3,(H,13,14)(H,15,16)/b9-8-. The van der Waals surface area contributed by atoms with Gasteiger partial charge in [-0.2, -0.15) is 0 Å². The maximum absolute atomic E-state index is 11.1. The summed E-state index contributed by atoms with van der Waals surface area (Å²) in [6.45, 7) is 7.08. The molecule has 0 aliphatic rings. The monoisotopic (exact) mass is 228 g/mol. The summed E-state index contributed by atoms with van der Waals surface area (Å²) in [5.41, 5.74) is -0.622. The molecule has 0 aliphatic carbocycles. The van der Waals surface area contributed by atoms with Crippen molar-refractivity contribution in [2.75, 3.05) is 0 Å². The summed E-state index contributed by atoms with van der Waals surface area (Å²) in [7, 11) is 0. The lowest BCUT2D eigenvalue weighted by Gasteiger charge is -2.22. The van der Waals surface area contributed by atoms with Gasteiger partial charge in [-0.3, -0.25) is 0 Å². The van der Waals surface area contributed by atoms with E-state index in [2.05, 4.69) is 0 Å². The molecule has 0 bridgehead atoms. The predicted molar refractivity (Wildman–Crippen MR) is 61.3 cm³/mol. The van der Waals surface area contributed by atoms with Crippen LogP contribution in [0.1, 0.15) is 47.0 Å². The van der Waals surface area contributed by atoms with Crippen LogP contribution in [-0.2, 0) is 9.59 Å². The van der Waals surface area contributed by atoms with E-state index in [9.17, 15) is 9.59 Å². The van der Waals surface area contributed by atoms with E-state index in [0.29, 0.717) is 12.8 Å². The number of carboxylic acid groups (broad SMARTS) is 2. The van der Waals surface area contributed by atoms with Crippen molar-refractivity contribution in [2.24, 2.45) is 5.41 Å². The molecular weight excluding hydrogens is 208 g/mol. The Balaban J connectivity index is 5.46. The fourth-order valence-corrected chi connectivity index (χ4v) is 1.59. The predicted octanol–water partition coefficient (Wildman–Crippen LogP) is 2.69. The van der Waals surface area contributed by atoms with Gasteiger partial charge < -0.3 is 10.2 Å². The van der Waals surface area contributed by atoms with Crippen LogP contribution in [-0.4, -0.2) is 22.2 Å². The van der Waals surface area contributed by atoms with Gasteiger partial charge in [0.2, 0.25) is 0 Å². The summed E-state index contributed by atoms with van der Waals surface area (Å²) in [4.78, 5) is 22.2. The van der Waals surface area contributed by atoms with Crippen LogP contribution in [0.15, 0.2) is 11.1 Å². The Morgan fingerprint density at radius 2 is 1.56 bits per heavy atom. The van der Waals surface area contributed by atoms with Crippen LogP contribution in [0.2, 0.25) is 0 Å². The van der Waals surface area contributed by atoms with Crippen molar-refractivity contribution in [3.05, 3.63) is 11.1 Å². The molecule has 0 unspecified atom stereocenters. The number of hydrogen-bond acceptors (Lipinski definition) is 2. The smallest absolute Gasteiger partial charge is 0.332 e. The Labute approximate surface area is 96.0 Å². The molecule has 0 aromatic heterocycles. The molecule has 2 N–H and O–H groups in total. The summed E-state index contributed by atoms with van der Waals surface area (Å²) in [6.07, 6.45) is 1.84. The van der Waals surface area contributed by atoms with Crippen LogP contribution in [0.4, 0.5) is 0 Å². The van der Waals surface area contributed by atoms with Gasteiger partial charge in [-0.25, -0.2) is 9.59 Å². The zero-order valence-corrected chi connectivity index (χ0v) is 10.3. The molecule has 4 heteroatoms. The van der Waals surface area contributed by atoms with E-state index in [1.807, 2.05) is 6.92 Å². The third-order valence-corrected chi connectivity index (χ3v) is 2.30. The number of carbonyl (C=O) groups is 2. The van der Waals surface area contributed by atoms with Crippen molar-refractivity contribution >= 4 is 11.9 Å². The first-order valence-corrected chi connectivity index (χ1v) is 5.42. The van der Waals surface area contributed by atoms with Gasteiger partial charge in [0.1, 0.15) is 0 Å². The highest BCUT2D eigenvalue weighted by atomic mass is 16.4. The Morgan fingerprint density at radius 1 is 1.06 bits per heavy atom. The third kappa shape index (κ3) is 4.04. The van der Waals surface area contributed by atoms with Gasteiger partial charge in [-0.05, 0) is 18.3 Å². The Bertz CT molecular complexity index is 307. The van der Waals surface area contributed by atoms with Crippen molar-refractivity contribution in [3.8, 4) is 0 Å². The van der Waals surface area contributed by atoms with Crippen molar-refractivity contribution in [1.29, 1.82) is 0 Å². The number of hydrogen-bond donors (Lipinski definition) is 2. The summed E-state index contributed by atoms with van der Waals surface area (Å²) in [5, 5.41) is 18.2. The van der Waals surface area contributed by atoms with Crippen LogP contribution in [0, 0.1) is 5.41 Å². The normalized spacial score (nSPS) is 13.2. The van der Waals surface area contributed by atoms with Crippen molar-refractivity contribution in [3.63, 3.8) is 0 Å². The molecule has 0 saturated carbocycles. The first-order valence-electron chi connectivity index (χ1n) is 5.42. The zero-order valence-electron chi connectivity index (χ0n) is 10.3. The molecule has 0 aliphatic heterocycles. The van der Waals surface area contributed by atoms with Crippen LogP contribution in [0.5, 0.6) is 0 Å². The maximum Gasteiger partial charge on any atom is 0.332 e. The van der Waals surface area contributed by atoms with E-state index in [1.54, 1.807) is 20.8 Å². The first kappa shape index (κ1) is 14.7. The number of rotatable bonds is 5. The molecule has 16 heavy (non-hydrogen) atoms. The van der Waals surface area contributed by atoms with E-state index in [0.717, 1.165) is 6.42 Å². The largest absolute Gasteiger partial charge is 0.478 e. The minimum absolute atomic E-state index is 0.00782. The lowest BCUT2D eigenvalue weighted by Crippen LogP contribution is -2.23. The molecule has 4 nitrogen and oxygen atoms in total. The van der Waals surface area contributed by atoms with Crippen molar-refractivity contribution < 1.29 is 19.8 Å². The van der Waals surface area contributed by atoms with Crippen LogP contribution < -0.4 is 0 Å². The zero-order chi connectivity index (χ0) is 12.9. The fraction of sp³-hybridized carbons (Fsp3) is 0.667. The van der Waals surface area contributed by atoms with Gasteiger partial charge in [-0.1, -0.05) is 34.1 Å². The van der Waals surface area contributed by atoms with Crippen LogP contribution >= 0.6 is 0 Å². The van der Waals surface area contributed by atoms with E-state index in [1.165, 1.54) is 0 Å². The molecule has 0 heterocycles. The first-order chi connectivity index (χ1) is 7.21. The van der Waals surface area contributed by atoms with Gasteiger partial charge in [-0.15, -0.1) is 0 Å². The van der Waals surface area contributed by atoms with Crippen LogP contribution in [0.25, 0.3) is 0 Å². The summed E-state index contributed by atoms with van der Waals surface area (Å²) in [5.74, 6) is -2.26. The highest BCUT2D eigenvalue weighted by Gasteiger charge is 2.29. The Kier molecular flexibility index (Phi) is 5.21. The summed E-state index contributed by atoms with van der Waals surface area (Å²) >= 11 is 0. The fourth-order valence-electron chi connectivity index (χ4n) is 1.59. The average Bonchev–Trinajstić information content (AvgIpc) is 2.08. The Hall–Kier alpha value is -1.32. The average molecular weight is 228 g/mol. The number of unbranched alkanes of at least 4 members (excludes halogenated alkanes) is 1. The molecule has 0 aromatic carbocycles. The van der Waals surface area contributed by atoms with Crippen molar-refractivity contribution in [2.45, 2.75) is 47.0 Å². The van der Waals surface area contributed by atoms with Gasteiger partial charge in [0.05, 0.1) is 5.57 Å². The quantitative estimate of drug-likeness (QED) is 0.709. The molecule has 0 saturated heterocycles. The maximum atomic E-state index is 11.1.